The molecule has 4 rings (SSSR count). The lowest BCUT2D eigenvalue weighted by Gasteiger charge is -2.42. The first-order chi connectivity index (χ1) is 13.5. The first kappa shape index (κ1) is 18.9. The van der Waals surface area contributed by atoms with Crippen molar-refractivity contribution < 1.29 is 28.5 Å². The number of rotatable bonds is 4. The monoisotopic (exact) mass is 390 g/mol. The number of ether oxygens (including phenoxy) is 5. The van der Waals surface area contributed by atoms with Gasteiger partial charge in [0.1, 0.15) is 17.0 Å². The van der Waals surface area contributed by atoms with Gasteiger partial charge in [0.25, 0.3) is 5.91 Å². The standard InChI is InChI=1S/C20H26N2O6/c1-12-9-22(10-20(28-12)5-6-27-11-20)19(23)14-7-13-15(24-2)8-16(25-3)18(26-4)17(13)21-14/h7-8,12,21H,5-6,9-11H2,1-4H3/t12-,20+/m0/s1. The quantitative estimate of drug-likeness (QED) is 0.862. The van der Waals surface area contributed by atoms with E-state index in [1.807, 2.05) is 11.8 Å². The number of hydrogen-bond donors (Lipinski definition) is 1. The first-order valence-corrected chi connectivity index (χ1v) is 9.37. The number of morpholine rings is 1. The zero-order chi connectivity index (χ0) is 19.9. The maximum Gasteiger partial charge on any atom is 0.270 e. The fourth-order valence-electron chi connectivity index (χ4n) is 4.21. The number of H-pyrrole nitrogens is 1. The molecule has 8 heteroatoms. The van der Waals surface area contributed by atoms with Gasteiger partial charge in [0.15, 0.2) is 11.5 Å². The van der Waals surface area contributed by atoms with Crippen molar-refractivity contribution in [3.05, 3.63) is 17.8 Å². The number of benzene rings is 1. The largest absolute Gasteiger partial charge is 0.496 e. The van der Waals surface area contributed by atoms with Crippen LogP contribution >= 0.6 is 0 Å². The Morgan fingerprint density at radius 1 is 1.21 bits per heavy atom. The SMILES string of the molecule is COc1cc(OC)c2cc(C(=O)N3C[C@H](C)O[C@]4(CCOC4)C3)[nH]c2c1OC. The van der Waals surface area contributed by atoms with E-state index in [4.69, 9.17) is 23.7 Å². The first-order valence-electron chi connectivity index (χ1n) is 9.37. The lowest BCUT2D eigenvalue weighted by atomic mass is 9.99. The van der Waals surface area contributed by atoms with E-state index in [9.17, 15) is 4.79 Å². The molecule has 2 aromatic rings. The number of nitrogens with one attached hydrogen (secondary N) is 1. The summed E-state index contributed by atoms with van der Waals surface area (Å²) in [7, 11) is 4.72. The summed E-state index contributed by atoms with van der Waals surface area (Å²) in [6.45, 7) is 4.22. The topological polar surface area (TPSA) is 82.3 Å². The summed E-state index contributed by atoms with van der Waals surface area (Å²) in [5, 5.41) is 0.767. The molecular formula is C20H26N2O6. The highest BCUT2D eigenvalue weighted by atomic mass is 16.6. The van der Waals surface area contributed by atoms with E-state index in [1.165, 1.54) is 0 Å². The third-order valence-electron chi connectivity index (χ3n) is 5.43. The normalized spacial score (nSPS) is 24.7. The van der Waals surface area contributed by atoms with Crippen LogP contribution < -0.4 is 14.2 Å². The van der Waals surface area contributed by atoms with Crippen LogP contribution in [0.2, 0.25) is 0 Å². The highest BCUT2D eigenvalue weighted by Gasteiger charge is 2.44. The molecule has 2 saturated heterocycles. The van der Waals surface area contributed by atoms with Gasteiger partial charge in [-0.2, -0.15) is 0 Å². The summed E-state index contributed by atoms with van der Waals surface area (Å²) in [6, 6.07) is 3.56. The Labute approximate surface area is 163 Å². The minimum Gasteiger partial charge on any atom is -0.496 e. The maximum absolute atomic E-state index is 13.3. The van der Waals surface area contributed by atoms with Crippen molar-refractivity contribution in [1.82, 2.24) is 9.88 Å². The minimum absolute atomic E-state index is 0.0482. The van der Waals surface area contributed by atoms with Gasteiger partial charge in [-0.25, -0.2) is 0 Å². The van der Waals surface area contributed by atoms with Crippen molar-refractivity contribution in [2.45, 2.75) is 25.0 Å². The molecule has 3 heterocycles. The summed E-state index contributed by atoms with van der Waals surface area (Å²) in [5.74, 6) is 1.60. The molecule has 0 unspecified atom stereocenters. The molecular weight excluding hydrogens is 364 g/mol. The van der Waals surface area contributed by atoms with Crippen molar-refractivity contribution in [2.75, 3.05) is 47.6 Å². The van der Waals surface area contributed by atoms with Gasteiger partial charge in [-0.15, -0.1) is 0 Å². The minimum atomic E-state index is -0.405. The second kappa shape index (κ2) is 7.18. The third-order valence-corrected chi connectivity index (χ3v) is 5.43. The van der Waals surface area contributed by atoms with Gasteiger partial charge in [-0.3, -0.25) is 4.79 Å². The van der Waals surface area contributed by atoms with Crippen LogP contribution in [0.1, 0.15) is 23.8 Å². The number of fused-ring (bicyclic) bond motifs is 1. The molecule has 2 fully saturated rings. The summed E-state index contributed by atoms with van der Waals surface area (Å²) < 4.78 is 28.1. The third kappa shape index (κ3) is 3.06. The number of hydrogen-bond acceptors (Lipinski definition) is 6. The Morgan fingerprint density at radius 3 is 2.64 bits per heavy atom. The smallest absolute Gasteiger partial charge is 0.270 e. The van der Waals surface area contributed by atoms with E-state index >= 15 is 0 Å². The molecule has 0 saturated carbocycles. The van der Waals surface area contributed by atoms with Crippen molar-refractivity contribution in [1.29, 1.82) is 0 Å². The van der Waals surface area contributed by atoms with Crippen LogP contribution in [0.5, 0.6) is 17.2 Å². The Hall–Kier alpha value is -2.45. The van der Waals surface area contributed by atoms with E-state index < -0.39 is 5.60 Å². The summed E-state index contributed by atoms with van der Waals surface area (Å²) in [5.41, 5.74) is 0.739. The van der Waals surface area contributed by atoms with Gasteiger partial charge >= 0.3 is 0 Å². The van der Waals surface area contributed by atoms with Crippen LogP contribution in [-0.4, -0.2) is 75.1 Å². The summed E-state index contributed by atoms with van der Waals surface area (Å²) in [6.07, 6.45) is 0.750. The number of aromatic amines is 1. The lowest BCUT2D eigenvalue weighted by Crippen LogP contribution is -2.57. The van der Waals surface area contributed by atoms with E-state index in [1.54, 1.807) is 33.5 Å². The molecule has 2 aliphatic heterocycles. The average Bonchev–Trinajstić information content (AvgIpc) is 3.32. The maximum atomic E-state index is 13.3. The van der Waals surface area contributed by atoms with Crippen LogP contribution in [0.15, 0.2) is 12.1 Å². The van der Waals surface area contributed by atoms with Gasteiger partial charge in [0.2, 0.25) is 0 Å². The molecule has 8 nitrogen and oxygen atoms in total. The molecule has 1 amide bonds. The van der Waals surface area contributed by atoms with Crippen LogP contribution in [0.4, 0.5) is 0 Å². The Bertz CT molecular complexity index is 886. The van der Waals surface area contributed by atoms with E-state index in [-0.39, 0.29) is 12.0 Å². The highest BCUT2D eigenvalue weighted by molar-refractivity contribution is 6.02. The van der Waals surface area contributed by atoms with Crippen LogP contribution in [0.3, 0.4) is 0 Å². The predicted octanol–water partition coefficient (Wildman–Crippen LogP) is 2.21. The second-order valence-electron chi connectivity index (χ2n) is 7.39. The van der Waals surface area contributed by atoms with Gasteiger partial charge < -0.3 is 33.6 Å². The van der Waals surface area contributed by atoms with Gasteiger partial charge in [-0.05, 0) is 13.0 Å². The highest BCUT2D eigenvalue weighted by Crippen LogP contribution is 2.41. The average molecular weight is 390 g/mol. The number of aromatic nitrogens is 1. The van der Waals surface area contributed by atoms with Crippen molar-refractivity contribution in [3.63, 3.8) is 0 Å². The number of amides is 1. The molecule has 1 N–H and O–H groups in total. The van der Waals surface area contributed by atoms with Crippen molar-refractivity contribution >= 4 is 16.8 Å². The molecule has 2 aliphatic rings. The molecule has 1 aromatic heterocycles. The second-order valence-corrected chi connectivity index (χ2v) is 7.39. The molecule has 0 radical (unpaired) electrons. The number of nitrogens with zero attached hydrogens (tertiary/aromatic N) is 1. The Kier molecular flexibility index (Phi) is 4.84. The van der Waals surface area contributed by atoms with Crippen molar-refractivity contribution in [3.8, 4) is 17.2 Å². The molecule has 0 bridgehead atoms. The van der Waals surface area contributed by atoms with Gasteiger partial charge in [0, 0.05) is 31.0 Å². The fourth-order valence-corrected chi connectivity index (χ4v) is 4.21. The predicted molar refractivity (Wildman–Crippen MR) is 103 cm³/mol. The molecule has 152 valence electrons. The van der Waals surface area contributed by atoms with Crippen LogP contribution in [0, 0.1) is 0 Å². The van der Waals surface area contributed by atoms with E-state index in [2.05, 4.69) is 4.98 Å². The molecule has 0 aliphatic carbocycles. The zero-order valence-corrected chi connectivity index (χ0v) is 16.7. The Balaban J connectivity index is 1.71. The van der Waals surface area contributed by atoms with Crippen LogP contribution in [-0.2, 0) is 9.47 Å². The molecule has 28 heavy (non-hydrogen) atoms. The number of methoxy groups -OCH3 is 3. The summed E-state index contributed by atoms with van der Waals surface area (Å²) >= 11 is 0. The number of carbonyl (C=O) groups excluding carboxylic acids is 1. The zero-order valence-electron chi connectivity index (χ0n) is 16.7. The van der Waals surface area contributed by atoms with Gasteiger partial charge in [-0.1, -0.05) is 0 Å². The fraction of sp³-hybridized carbons (Fsp3) is 0.550. The van der Waals surface area contributed by atoms with Crippen LogP contribution in [0.25, 0.3) is 10.9 Å². The summed E-state index contributed by atoms with van der Waals surface area (Å²) in [4.78, 5) is 18.3. The molecule has 2 atom stereocenters. The molecule has 1 aromatic carbocycles. The lowest BCUT2D eigenvalue weighted by molar-refractivity contribution is -0.138. The van der Waals surface area contributed by atoms with Gasteiger partial charge in [0.05, 0.1) is 46.1 Å². The van der Waals surface area contributed by atoms with E-state index in [0.717, 1.165) is 11.8 Å². The Morgan fingerprint density at radius 2 is 2.00 bits per heavy atom. The van der Waals surface area contributed by atoms with Crippen molar-refractivity contribution in [2.24, 2.45) is 0 Å². The van der Waals surface area contributed by atoms with E-state index in [0.29, 0.717) is 54.8 Å². The number of carbonyl (C=O) groups is 1. The molecule has 1 spiro atoms.